The second kappa shape index (κ2) is 7.96. The van der Waals surface area contributed by atoms with Crippen molar-refractivity contribution in [1.82, 2.24) is 9.88 Å². The molecule has 0 spiro atoms. The van der Waals surface area contributed by atoms with Gasteiger partial charge in [0.2, 0.25) is 5.91 Å². The Morgan fingerprint density at radius 1 is 1.31 bits per heavy atom. The van der Waals surface area contributed by atoms with Crippen LogP contribution in [0.15, 0.2) is 29.3 Å². The highest BCUT2D eigenvalue weighted by Gasteiger charge is 2.26. The summed E-state index contributed by atoms with van der Waals surface area (Å²) in [7, 11) is 3.08. The van der Waals surface area contributed by atoms with Gasteiger partial charge in [-0.2, -0.15) is 10.5 Å². The zero-order valence-electron chi connectivity index (χ0n) is 14.0. The number of halogens is 1. The number of hydrogen-bond donors (Lipinski definition) is 2. The van der Waals surface area contributed by atoms with Crippen LogP contribution in [0.3, 0.4) is 0 Å². The van der Waals surface area contributed by atoms with Crippen LogP contribution in [0.5, 0.6) is 0 Å². The lowest BCUT2D eigenvalue weighted by atomic mass is 10.00. The van der Waals surface area contributed by atoms with Crippen molar-refractivity contribution in [3.05, 3.63) is 34.9 Å². The van der Waals surface area contributed by atoms with Crippen molar-refractivity contribution in [2.75, 3.05) is 25.6 Å². The van der Waals surface area contributed by atoms with E-state index >= 15 is 0 Å². The molecule has 1 aromatic heterocycles. The maximum atomic E-state index is 12.1. The number of nitrogens with two attached hydrogens (primary N) is 2. The average molecular weight is 387 g/mol. The van der Waals surface area contributed by atoms with Crippen LogP contribution in [-0.4, -0.2) is 35.1 Å². The van der Waals surface area contributed by atoms with E-state index in [9.17, 15) is 15.3 Å². The molecule has 26 heavy (non-hydrogen) atoms. The molecule has 0 fully saturated rings. The Kier molecular flexibility index (Phi) is 5.93. The fourth-order valence-electron chi connectivity index (χ4n) is 2.21. The van der Waals surface area contributed by atoms with Gasteiger partial charge in [0.25, 0.3) is 0 Å². The van der Waals surface area contributed by atoms with Crippen molar-refractivity contribution in [2.45, 2.75) is 10.3 Å². The normalized spacial score (nSPS) is 11.3. The zero-order valence-corrected chi connectivity index (χ0v) is 15.6. The number of benzene rings is 1. The molecule has 0 saturated carbocycles. The van der Waals surface area contributed by atoms with Gasteiger partial charge in [0, 0.05) is 30.2 Å². The molecule has 132 valence electrons. The second-order valence-corrected chi connectivity index (χ2v) is 6.92. The van der Waals surface area contributed by atoms with Crippen LogP contribution < -0.4 is 11.5 Å². The van der Waals surface area contributed by atoms with Gasteiger partial charge in [-0.1, -0.05) is 41.6 Å². The van der Waals surface area contributed by atoms with Gasteiger partial charge in [0.15, 0.2) is 5.25 Å². The molecule has 0 aliphatic carbocycles. The highest BCUT2D eigenvalue weighted by atomic mass is 35.5. The number of carbonyl (C=O) groups is 1. The molecule has 1 unspecified atom stereocenters. The molecule has 0 saturated heterocycles. The smallest absolute Gasteiger partial charge is 0.250 e. The third-order valence-electron chi connectivity index (χ3n) is 3.50. The number of anilines is 2. The van der Waals surface area contributed by atoms with Crippen molar-refractivity contribution in [3.8, 4) is 23.3 Å². The summed E-state index contributed by atoms with van der Waals surface area (Å²) in [6, 6.07) is 10.8. The van der Waals surface area contributed by atoms with Crippen molar-refractivity contribution >= 4 is 40.8 Å². The molecule has 4 N–H and O–H groups in total. The van der Waals surface area contributed by atoms with E-state index in [2.05, 4.69) is 4.98 Å². The number of thioether (sulfide) groups is 1. The zero-order chi connectivity index (χ0) is 19.4. The number of rotatable bonds is 4. The lowest BCUT2D eigenvalue weighted by molar-refractivity contribution is -0.127. The first-order chi connectivity index (χ1) is 12.3. The Hall–Kier alpha value is -2.94. The minimum atomic E-state index is -1.08. The van der Waals surface area contributed by atoms with Gasteiger partial charge in [-0.05, 0) is 6.07 Å². The molecule has 7 nitrogen and oxygen atoms in total. The van der Waals surface area contributed by atoms with Gasteiger partial charge >= 0.3 is 0 Å². The van der Waals surface area contributed by atoms with Crippen molar-refractivity contribution in [1.29, 1.82) is 10.5 Å². The quantitative estimate of drug-likeness (QED) is 0.771. The minimum absolute atomic E-state index is 0.00425. The number of nitrogen functional groups attached to an aromatic ring is 2. The van der Waals surface area contributed by atoms with Crippen LogP contribution in [0.2, 0.25) is 5.02 Å². The SMILES string of the molecule is CN(C)C(=O)C(C#N)Sc1nc(N)c(N)c(-c2ccccc2Cl)c1C#N. The van der Waals surface area contributed by atoms with Crippen molar-refractivity contribution < 1.29 is 4.79 Å². The van der Waals surface area contributed by atoms with Gasteiger partial charge in [-0.3, -0.25) is 4.79 Å². The Bertz CT molecular complexity index is 947. The van der Waals surface area contributed by atoms with E-state index in [0.717, 1.165) is 11.8 Å². The summed E-state index contributed by atoms with van der Waals surface area (Å²) >= 11 is 7.09. The molecular formula is C17H15ClN6OS. The van der Waals surface area contributed by atoms with Crippen LogP contribution in [0.25, 0.3) is 11.1 Å². The molecule has 0 bridgehead atoms. The van der Waals surface area contributed by atoms with Gasteiger partial charge in [-0.15, -0.1) is 0 Å². The summed E-state index contributed by atoms with van der Waals surface area (Å²) in [5.41, 5.74) is 13.0. The monoisotopic (exact) mass is 386 g/mol. The number of aromatic nitrogens is 1. The number of nitriles is 2. The number of carbonyl (C=O) groups excluding carboxylic acids is 1. The first-order valence-electron chi connectivity index (χ1n) is 7.33. The number of nitrogens with zero attached hydrogens (tertiary/aromatic N) is 4. The third-order valence-corrected chi connectivity index (χ3v) is 4.89. The van der Waals surface area contributed by atoms with Gasteiger partial charge in [-0.25, -0.2) is 4.98 Å². The first-order valence-corrected chi connectivity index (χ1v) is 8.59. The van der Waals surface area contributed by atoms with Gasteiger partial charge < -0.3 is 16.4 Å². The molecule has 2 aromatic rings. The second-order valence-electron chi connectivity index (χ2n) is 5.42. The van der Waals surface area contributed by atoms with Gasteiger partial charge in [0.05, 0.1) is 17.3 Å². The Morgan fingerprint density at radius 2 is 1.96 bits per heavy atom. The minimum Gasteiger partial charge on any atom is -0.395 e. The molecule has 9 heteroatoms. The van der Waals surface area contributed by atoms with E-state index in [1.54, 1.807) is 38.4 Å². The van der Waals surface area contributed by atoms with E-state index in [4.69, 9.17) is 23.1 Å². The number of pyridine rings is 1. The van der Waals surface area contributed by atoms with Crippen molar-refractivity contribution in [2.24, 2.45) is 0 Å². The molecule has 0 aliphatic rings. The molecule has 1 amide bonds. The first kappa shape index (κ1) is 19.4. The molecule has 2 rings (SSSR count). The van der Waals surface area contributed by atoms with E-state index in [1.807, 2.05) is 12.1 Å². The molecule has 1 heterocycles. The topological polar surface area (TPSA) is 133 Å². The maximum Gasteiger partial charge on any atom is 0.250 e. The van der Waals surface area contributed by atoms with Crippen LogP contribution in [0.4, 0.5) is 11.5 Å². The third kappa shape index (κ3) is 3.67. The lowest BCUT2D eigenvalue weighted by Gasteiger charge is -2.17. The van der Waals surface area contributed by atoms with E-state index < -0.39 is 11.2 Å². The Labute approximate surface area is 160 Å². The summed E-state index contributed by atoms with van der Waals surface area (Å²) in [4.78, 5) is 17.5. The fourth-order valence-corrected chi connectivity index (χ4v) is 3.44. The summed E-state index contributed by atoms with van der Waals surface area (Å²) in [6.07, 6.45) is 0. The Morgan fingerprint density at radius 3 is 2.50 bits per heavy atom. The Balaban J connectivity index is 2.67. The largest absolute Gasteiger partial charge is 0.395 e. The molecule has 0 aliphatic heterocycles. The predicted octanol–water partition coefficient (Wildman–Crippen LogP) is 2.51. The maximum absolute atomic E-state index is 12.1. The molecule has 0 radical (unpaired) electrons. The molecule has 1 aromatic carbocycles. The van der Waals surface area contributed by atoms with E-state index in [-0.39, 0.29) is 22.1 Å². The standard InChI is InChI=1S/C17H15ClN6OS/c1-24(2)17(25)12(8-20)26-16-10(7-19)13(14(21)15(22)23-16)9-5-3-4-6-11(9)18/h3-6,12H,21H2,1-2H3,(H2,22,23). The fraction of sp³-hybridized carbons (Fsp3) is 0.176. The average Bonchev–Trinajstić information content (AvgIpc) is 2.62. The van der Waals surface area contributed by atoms with E-state index in [1.165, 1.54) is 4.90 Å². The van der Waals surface area contributed by atoms with Crippen LogP contribution >= 0.6 is 23.4 Å². The summed E-state index contributed by atoms with van der Waals surface area (Å²) in [5, 5.41) is 18.5. The summed E-state index contributed by atoms with van der Waals surface area (Å²) < 4.78 is 0. The predicted molar refractivity (Wildman–Crippen MR) is 102 cm³/mol. The van der Waals surface area contributed by atoms with Crippen LogP contribution in [0, 0.1) is 22.7 Å². The molecule has 1 atom stereocenters. The summed E-state index contributed by atoms with van der Waals surface area (Å²) in [6.45, 7) is 0. The molecular weight excluding hydrogens is 372 g/mol. The van der Waals surface area contributed by atoms with Crippen LogP contribution in [0.1, 0.15) is 5.56 Å². The number of amides is 1. The van der Waals surface area contributed by atoms with Gasteiger partial charge in [0.1, 0.15) is 16.9 Å². The van der Waals surface area contributed by atoms with Crippen molar-refractivity contribution in [3.63, 3.8) is 0 Å². The van der Waals surface area contributed by atoms with E-state index in [0.29, 0.717) is 16.1 Å². The highest BCUT2D eigenvalue weighted by Crippen LogP contribution is 2.41. The lowest BCUT2D eigenvalue weighted by Crippen LogP contribution is -2.30. The number of hydrogen-bond acceptors (Lipinski definition) is 7. The summed E-state index contributed by atoms with van der Waals surface area (Å²) in [5.74, 6) is -0.423. The van der Waals surface area contributed by atoms with Crippen LogP contribution in [-0.2, 0) is 4.79 Å². The highest BCUT2D eigenvalue weighted by molar-refractivity contribution is 8.00.